The second-order valence-corrected chi connectivity index (χ2v) is 6.00. The summed E-state index contributed by atoms with van der Waals surface area (Å²) in [6.07, 6.45) is -4.57. The number of hydrogen-bond donors (Lipinski definition) is 1. The average molecular weight is 432 g/mol. The Morgan fingerprint density at radius 2 is 1.77 bits per heavy atom. The fourth-order valence-electron chi connectivity index (χ4n) is 2.28. The summed E-state index contributed by atoms with van der Waals surface area (Å²) >= 11 is 3.30. The summed E-state index contributed by atoms with van der Waals surface area (Å²) in [5.41, 5.74) is -1.09. The zero-order chi connectivity index (χ0) is 19.3. The summed E-state index contributed by atoms with van der Waals surface area (Å²) < 4.78 is 50.6. The molecule has 0 spiro atoms. The standard InChI is InChI=1S/C18H17BrF3NO3/c1-3-25-15-10-11(9-13(19)16(15)26-4-2)17(24)23-14-8-6-5-7-12(14)18(20,21)22/h5-10H,3-4H2,1-2H3,(H,23,24). The van der Waals surface area contributed by atoms with Crippen molar-refractivity contribution >= 4 is 27.5 Å². The smallest absolute Gasteiger partial charge is 0.418 e. The fraction of sp³-hybridized carbons (Fsp3) is 0.278. The van der Waals surface area contributed by atoms with Crippen molar-refractivity contribution in [2.24, 2.45) is 0 Å². The molecule has 2 rings (SSSR count). The molecule has 26 heavy (non-hydrogen) atoms. The minimum Gasteiger partial charge on any atom is -0.490 e. The van der Waals surface area contributed by atoms with Crippen LogP contribution in [0, 0.1) is 0 Å². The van der Waals surface area contributed by atoms with Crippen LogP contribution in [0.5, 0.6) is 11.5 Å². The zero-order valence-electron chi connectivity index (χ0n) is 14.1. The summed E-state index contributed by atoms with van der Waals surface area (Å²) in [5.74, 6) is 0.0750. The molecule has 0 saturated heterocycles. The second-order valence-electron chi connectivity index (χ2n) is 5.15. The summed E-state index contributed by atoms with van der Waals surface area (Å²) in [6.45, 7) is 4.31. The third kappa shape index (κ3) is 4.69. The number of ether oxygens (including phenoxy) is 2. The summed E-state index contributed by atoms with van der Waals surface area (Å²) in [5, 5.41) is 2.31. The van der Waals surface area contributed by atoms with Gasteiger partial charge in [-0.05, 0) is 54.0 Å². The Balaban J connectivity index is 2.36. The SMILES string of the molecule is CCOc1cc(C(=O)Nc2ccccc2C(F)(F)F)cc(Br)c1OCC. The number of benzene rings is 2. The molecule has 1 N–H and O–H groups in total. The lowest BCUT2D eigenvalue weighted by molar-refractivity contribution is -0.136. The Hall–Kier alpha value is -2.22. The van der Waals surface area contributed by atoms with Crippen molar-refractivity contribution in [2.45, 2.75) is 20.0 Å². The highest BCUT2D eigenvalue weighted by atomic mass is 79.9. The van der Waals surface area contributed by atoms with Crippen LogP contribution < -0.4 is 14.8 Å². The number of hydrogen-bond acceptors (Lipinski definition) is 3. The highest BCUT2D eigenvalue weighted by Gasteiger charge is 2.33. The van der Waals surface area contributed by atoms with Crippen molar-refractivity contribution in [3.63, 3.8) is 0 Å². The van der Waals surface area contributed by atoms with Crippen LogP contribution in [0.2, 0.25) is 0 Å². The minimum atomic E-state index is -4.57. The number of carbonyl (C=O) groups excluding carboxylic acids is 1. The van der Waals surface area contributed by atoms with Crippen molar-refractivity contribution in [3.8, 4) is 11.5 Å². The van der Waals surface area contributed by atoms with Crippen LogP contribution in [-0.4, -0.2) is 19.1 Å². The van der Waals surface area contributed by atoms with E-state index in [-0.39, 0.29) is 11.3 Å². The number of carbonyl (C=O) groups is 1. The third-order valence-electron chi connectivity index (χ3n) is 3.34. The third-order valence-corrected chi connectivity index (χ3v) is 3.93. The minimum absolute atomic E-state index is 0.140. The number of amides is 1. The molecule has 140 valence electrons. The molecule has 1 amide bonds. The van der Waals surface area contributed by atoms with Gasteiger partial charge in [-0.3, -0.25) is 4.79 Å². The fourth-order valence-corrected chi connectivity index (χ4v) is 2.84. The van der Waals surface area contributed by atoms with Gasteiger partial charge in [0.1, 0.15) is 0 Å². The predicted octanol–water partition coefficient (Wildman–Crippen LogP) is 5.52. The van der Waals surface area contributed by atoms with E-state index in [1.54, 1.807) is 13.8 Å². The first-order valence-electron chi connectivity index (χ1n) is 7.84. The van der Waals surface area contributed by atoms with Crippen LogP contribution in [0.3, 0.4) is 0 Å². The second kappa shape index (κ2) is 8.44. The van der Waals surface area contributed by atoms with E-state index in [0.29, 0.717) is 29.2 Å². The first-order valence-corrected chi connectivity index (χ1v) is 8.63. The largest absolute Gasteiger partial charge is 0.490 e. The highest BCUT2D eigenvalue weighted by Crippen LogP contribution is 2.38. The number of alkyl halides is 3. The molecule has 0 unspecified atom stereocenters. The molecule has 8 heteroatoms. The van der Waals surface area contributed by atoms with E-state index in [1.165, 1.54) is 30.3 Å². The van der Waals surface area contributed by atoms with Crippen LogP contribution in [0.15, 0.2) is 40.9 Å². The van der Waals surface area contributed by atoms with Gasteiger partial charge in [-0.1, -0.05) is 12.1 Å². The molecular formula is C18H17BrF3NO3. The van der Waals surface area contributed by atoms with E-state index < -0.39 is 17.6 Å². The van der Waals surface area contributed by atoms with E-state index in [1.807, 2.05) is 0 Å². The summed E-state index contributed by atoms with van der Waals surface area (Å²) in [7, 11) is 0. The van der Waals surface area contributed by atoms with Gasteiger partial charge >= 0.3 is 6.18 Å². The molecule has 2 aromatic carbocycles. The van der Waals surface area contributed by atoms with Gasteiger partial charge in [0.15, 0.2) is 11.5 Å². The quantitative estimate of drug-likeness (QED) is 0.654. The van der Waals surface area contributed by atoms with E-state index in [2.05, 4.69) is 21.2 Å². The molecule has 0 aliphatic rings. The maximum absolute atomic E-state index is 13.1. The first-order chi connectivity index (χ1) is 12.3. The van der Waals surface area contributed by atoms with Crippen LogP contribution >= 0.6 is 15.9 Å². The maximum atomic E-state index is 13.1. The molecule has 0 aliphatic heterocycles. The molecular weight excluding hydrogens is 415 g/mol. The number of rotatable bonds is 6. The molecule has 0 bridgehead atoms. The van der Waals surface area contributed by atoms with Crippen molar-refractivity contribution in [2.75, 3.05) is 18.5 Å². The van der Waals surface area contributed by atoms with Crippen LogP contribution in [-0.2, 0) is 6.18 Å². The molecule has 0 radical (unpaired) electrons. The van der Waals surface area contributed by atoms with Gasteiger partial charge in [0.25, 0.3) is 5.91 Å². The Labute approximate surface area is 157 Å². The van der Waals surface area contributed by atoms with Gasteiger partial charge in [-0.15, -0.1) is 0 Å². The molecule has 4 nitrogen and oxygen atoms in total. The molecule has 0 heterocycles. The zero-order valence-corrected chi connectivity index (χ0v) is 15.7. The first kappa shape index (κ1) is 20.1. The number of halogens is 4. The van der Waals surface area contributed by atoms with Gasteiger partial charge in [0.2, 0.25) is 0 Å². The Morgan fingerprint density at radius 3 is 2.38 bits per heavy atom. The predicted molar refractivity (Wildman–Crippen MR) is 95.9 cm³/mol. The van der Waals surface area contributed by atoms with Gasteiger partial charge in [0, 0.05) is 5.56 Å². The topological polar surface area (TPSA) is 47.6 Å². The van der Waals surface area contributed by atoms with Crippen molar-refractivity contribution in [1.29, 1.82) is 0 Å². The normalized spacial score (nSPS) is 11.2. The maximum Gasteiger partial charge on any atom is 0.418 e. The van der Waals surface area contributed by atoms with Crippen LogP contribution in [0.1, 0.15) is 29.8 Å². The van der Waals surface area contributed by atoms with Crippen molar-refractivity contribution < 1.29 is 27.4 Å². The summed E-state index contributed by atoms with van der Waals surface area (Å²) in [6, 6.07) is 7.71. The average Bonchev–Trinajstić information content (AvgIpc) is 2.57. The molecule has 2 aromatic rings. The van der Waals surface area contributed by atoms with E-state index in [9.17, 15) is 18.0 Å². The van der Waals surface area contributed by atoms with Crippen LogP contribution in [0.4, 0.5) is 18.9 Å². The molecule has 0 saturated carbocycles. The molecule has 0 aromatic heterocycles. The van der Waals surface area contributed by atoms with Crippen molar-refractivity contribution in [1.82, 2.24) is 0 Å². The molecule has 0 aliphatic carbocycles. The Bertz CT molecular complexity index is 794. The highest BCUT2D eigenvalue weighted by molar-refractivity contribution is 9.10. The van der Waals surface area contributed by atoms with Gasteiger partial charge in [-0.2, -0.15) is 13.2 Å². The molecule has 0 atom stereocenters. The molecule has 0 fully saturated rings. The lowest BCUT2D eigenvalue weighted by Gasteiger charge is -2.16. The summed E-state index contributed by atoms with van der Waals surface area (Å²) in [4.78, 5) is 12.5. The number of anilines is 1. The van der Waals surface area contributed by atoms with Gasteiger partial charge in [0.05, 0.1) is 28.9 Å². The van der Waals surface area contributed by atoms with Gasteiger partial charge in [-0.25, -0.2) is 0 Å². The number of nitrogens with one attached hydrogen (secondary N) is 1. The lowest BCUT2D eigenvalue weighted by Crippen LogP contribution is -2.17. The Kier molecular flexibility index (Phi) is 6.52. The van der Waals surface area contributed by atoms with Crippen LogP contribution in [0.25, 0.3) is 0 Å². The van der Waals surface area contributed by atoms with E-state index >= 15 is 0 Å². The van der Waals surface area contributed by atoms with E-state index in [4.69, 9.17) is 9.47 Å². The number of para-hydroxylation sites is 1. The van der Waals surface area contributed by atoms with E-state index in [0.717, 1.165) is 6.07 Å². The Morgan fingerprint density at radius 1 is 1.12 bits per heavy atom. The monoisotopic (exact) mass is 431 g/mol. The van der Waals surface area contributed by atoms with Gasteiger partial charge < -0.3 is 14.8 Å². The lowest BCUT2D eigenvalue weighted by atomic mass is 10.1. The van der Waals surface area contributed by atoms with Crippen molar-refractivity contribution in [3.05, 3.63) is 52.0 Å².